The molecule has 0 aliphatic heterocycles. The van der Waals surface area contributed by atoms with E-state index in [1.165, 1.54) is 29.3 Å². The van der Waals surface area contributed by atoms with Gasteiger partial charge in [-0.05, 0) is 11.0 Å². The highest BCUT2D eigenvalue weighted by molar-refractivity contribution is 5.94. The van der Waals surface area contributed by atoms with Crippen molar-refractivity contribution < 1.29 is 14.1 Å². The van der Waals surface area contributed by atoms with Crippen molar-refractivity contribution in [2.75, 3.05) is 0 Å². The maximum atomic E-state index is 11.4. The molecule has 2 aromatic heterocycles. The minimum absolute atomic E-state index is 0.101. The van der Waals surface area contributed by atoms with Gasteiger partial charge >= 0.3 is 5.82 Å². The number of carbonyl (C=O) groups is 1. The van der Waals surface area contributed by atoms with E-state index in [1.807, 2.05) is 5.43 Å². The number of nitrogens with zero attached hydrogens (tertiary/aromatic N) is 3. The molecule has 2 heterocycles. The summed E-state index contributed by atoms with van der Waals surface area (Å²) in [6.45, 7) is 0.101. The first-order valence-electron chi connectivity index (χ1n) is 4.87. The predicted octanol–water partition coefficient (Wildman–Crippen LogP) is 0.0361. The Kier molecular flexibility index (Phi) is 3.06. The lowest BCUT2D eigenvalue weighted by Crippen LogP contribution is -2.30. The highest BCUT2D eigenvalue weighted by Crippen LogP contribution is 2.13. The molecule has 94 valence electrons. The minimum Gasteiger partial charge on any atom is -0.466 e. The summed E-state index contributed by atoms with van der Waals surface area (Å²) in [7, 11) is 0. The molecule has 0 saturated heterocycles. The van der Waals surface area contributed by atoms with Crippen molar-refractivity contribution in [1.82, 2.24) is 15.2 Å². The molecule has 0 unspecified atom stereocenters. The summed E-state index contributed by atoms with van der Waals surface area (Å²) >= 11 is 0. The molecule has 0 aromatic carbocycles. The Balaban J connectivity index is 2.20. The van der Waals surface area contributed by atoms with Crippen molar-refractivity contribution in [1.29, 1.82) is 0 Å². The Morgan fingerprint density at radius 1 is 1.61 bits per heavy atom. The van der Waals surface area contributed by atoms with Crippen molar-refractivity contribution in [3.63, 3.8) is 0 Å². The molecule has 2 rings (SSSR count). The van der Waals surface area contributed by atoms with Crippen LogP contribution in [0.4, 0.5) is 5.82 Å². The first-order valence-corrected chi connectivity index (χ1v) is 4.87. The van der Waals surface area contributed by atoms with Crippen molar-refractivity contribution >= 4 is 11.7 Å². The van der Waals surface area contributed by atoms with Crippen LogP contribution in [0.1, 0.15) is 16.1 Å². The molecule has 2 aromatic rings. The van der Waals surface area contributed by atoms with Crippen LogP contribution in [0.15, 0.2) is 29.0 Å². The summed E-state index contributed by atoms with van der Waals surface area (Å²) < 4.78 is 6.41. The second kappa shape index (κ2) is 4.67. The second-order valence-electron chi connectivity index (χ2n) is 3.36. The number of hydrogen-bond acceptors (Lipinski definition) is 6. The zero-order valence-corrected chi connectivity index (χ0v) is 9.07. The van der Waals surface area contributed by atoms with Gasteiger partial charge in [0, 0.05) is 0 Å². The number of carbonyl (C=O) groups excluding carboxylic acids is 1. The molecule has 18 heavy (non-hydrogen) atoms. The third-order valence-corrected chi connectivity index (χ3v) is 2.24. The van der Waals surface area contributed by atoms with Gasteiger partial charge in [-0.15, -0.1) is 0 Å². The average molecular weight is 251 g/mol. The maximum absolute atomic E-state index is 11.4. The van der Waals surface area contributed by atoms with Crippen molar-refractivity contribution in [2.24, 2.45) is 5.84 Å². The van der Waals surface area contributed by atoms with Crippen LogP contribution in [-0.2, 0) is 6.54 Å². The van der Waals surface area contributed by atoms with E-state index in [9.17, 15) is 14.9 Å². The Morgan fingerprint density at radius 2 is 2.39 bits per heavy atom. The van der Waals surface area contributed by atoms with Gasteiger partial charge < -0.3 is 14.5 Å². The topological polar surface area (TPSA) is 129 Å². The van der Waals surface area contributed by atoms with Crippen molar-refractivity contribution in [3.8, 4) is 0 Å². The fourth-order valence-corrected chi connectivity index (χ4v) is 1.43. The molecule has 0 saturated carbocycles. The van der Waals surface area contributed by atoms with Gasteiger partial charge in [0.1, 0.15) is 12.3 Å². The molecule has 9 heteroatoms. The summed E-state index contributed by atoms with van der Waals surface area (Å²) in [5.74, 6) is 4.56. The number of nitrogen functional groups attached to an aromatic ring is 1. The first-order chi connectivity index (χ1) is 8.61. The zero-order valence-electron chi connectivity index (χ0n) is 9.07. The number of amides is 1. The monoisotopic (exact) mass is 251 g/mol. The molecular formula is C9H9N5O4. The van der Waals surface area contributed by atoms with Crippen LogP contribution in [-0.4, -0.2) is 20.6 Å². The lowest BCUT2D eigenvalue weighted by Gasteiger charge is -1.99. The molecule has 0 atom stereocenters. The number of nitrogens with two attached hydrogens (primary N) is 1. The third kappa shape index (κ3) is 2.20. The van der Waals surface area contributed by atoms with E-state index in [4.69, 9.17) is 10.3 Å². The summed E-state index contributed by atoms with van der Waals surface area (Å²) in [6.07, 6.45) is 2.75. The molecule has 9 nitrogen and oxygen atoms in total. The predicted molar refractivity (Wildman–Crippen MR) is 58.3 cm³/mol. The van der Waals surface area contributed by atoms with Gasteiger partial charge in [0.15, 0.2) is 0 Å². The van der Waals surface area contributed by atoms with E-state index >= 15 is 0 Å². The van der Waals surface area contributed by atoms with Crippen LogP contribution in [0.5, 0.6) is 0 Å². The molecule has 1 amide bonds. The molecule has 0 aliphatic rings. The Labute approximate surface area is 100 Å². The molecule has 0 aliphatic carbocycles. The molecule has 0 radical (unpaired) electrons. The largest absolute Gasteiger partial charge is 0.466 e. The van der Waals surface area contributed by atoms with Crippen LogP contribution < -0.4 is 11.3 Å². The van der Waals surface area contributed by atoms with Crippen molar-refractivity contribution in [3.05, 3.63) is 46.0 Å². The Bertz CT molecular complexity index is 587. The number of nitro groups is 1. The molecule has 0 fully saturated rings. The Morgan fingerprint density at radius 3 is 3.00 bits per heavy atom. The number of hydrogen-bond donors (Lipinski definition) is 2. The van der Waals surface area contributed by atoms with E-state index in [-0.39, 0.29) is 17.9 Å². The van der Waals surface area contributed by atoms with Crippen LogP contribution in [0.3, 0.4) is 0 Å². The fraction of sp³-hybridized carbons (Fsp3) is 0.111. The lowest BCUT2D eigenvalue weighted by atomic mass is 10.2. The number of rotatable bonds is 4. The van der Waals surface area contributed by atoms with Gasteiger partial charge in [-0.2, -0.15) is 4.68 Å². The molecule has 0 spiro atoms. The minimum atomic E-state index is -0.605. The van der Waals surface area contributed by atoms with Crippen LogP contribution in [0.2, 0.25) is 0 Å². The van der Waals surface area contributed by atoms with Gasteiger partial charge in [0.05, 0.1) is 29.2 Å². The van der Waals surface area contributed by atoms with Gasteiger partial charge in [-0.1, -0.05) is 0 Å². The van der Waals surface area contributed by atoms with Gasteiger partial charge in [0.25, 0.3) is 5.91 Å². The van der Waals surface area contributed by atoms with Gasteiger partial charge in [-0.3, -0.25) is 10.2 Å². The van der Waals surface area contributed by atoms with Crippen LogP contribution in [0.25, 0.3) is 0 Å². The molecular weight excluding hydrogens is 242 g/mol. The SMILES string of the molecule is NNC(=O)c1ccoc1Cn1ccc([N+](=O)[O-])n1. The smallest absolute Gasteiger partial charge is 0.389 e. The van der Waals surface area contributed by atoms with Gasteiger partial charge in [-0.25, -0.2) is 5.84 Å². The summed E-state index contributed by atoms with van der Waals surface area (Å²) in [5, 5.41) is 14.2. The van der Waals surface area contributed by atoms with E-state index in [0.717, 1.165) is 0 Å². The number of furan rings is 1. The second-order valence-corrected chi connectivity index (χ2v) is 3.36. The van der Waals surface area contributed by atoms with Crippen molar-refractivity contribution in [2.45, 2.75) is 6.54 Å². The van der Waals surface area contributed by atoms with E-state index in [0.29, 0.717) is 5.76 Å². The standard InChI is InChI=1S/C9H9N5O4/c10-11-9(15)6-2-4-18-7(6)5-13-3-1-8(12-13)14(16)17/h1-4H,5,10H2,(H,11,15). The highest BCUT2D eigenvalue weighted by Gasteiger charge is 2.17. The Hall–Kier alpha value is -2.68. The van der Waals surface area contributed by atoms with Crippen LogP contribution >= 0.6 is 0 Å². The fourth-order valence-electron chi connectivity index (χ4n) is 1.43. The highest BCUT2D eigenvalue weighted by atomic mass is 16.6. The number of hydrazine groups is 1. The number of nitrogens with one attached hydrogen (secondary N) is 1. The first kappa shape index (κ1) is 11.8. The van der Waals surface area contributed by atoms with E-state index < -0.39 is 10.8 Å². The molecule has 3 N–H and O–H groups in total. The number of aromatic nitrogens is 2. The summed E-state index contributed by atoms with van der Waals surface area (Å²) in [5.41, 5.74) is 2.24. The molecule has 0 bridgehead atoms. The maximum Gasteiger partial charge on any atom is 0.389 e. The average Bonchev–Trinajstić information content (AvgIpc) is 2.97. The van der Waals surface area contributed by atoms with Crippen LogP contribution in [0, 0.1) is 10.1 Å². The summed E-state index contributed by atoms with van der Waals surface area (Å²) in [4.78, 5) is 21.2. The lowest BCUT2D eigenvalue weighted by molar-refractivity contribution is -0.389. The summed E-state index contributed by atoms with van der Waals surface area (Å²) in [6, 6.07) is 2.71. The van der Waals surface area contributed by atoms with E-state index in [2.05, 4.69) is 5.10 Å². The quantitative estimate of drug-likeness (QED) is 0.341. The normalized spacial score (nSPS) is 10.3. The van der Waals surface area contributed by atoms with E-state index in [1.54, 1.807) is 0 Å². The zero-order chi connectivity index (χ0) is 13.1. The van der Waals surface area contributed by atoms with Gasteiger partial charge in [0.2, 0.25) is 0 Å². The third-order valence-electron chi connectivity index (χ3n) is 2.24.